The molecule has 0 unspecified atom stereocenters. The van der Waals surface area contributed by atoms with Crippen LogP contribution in [0, 0.1) is 0 Å². The normalized spacial score (nSPS) is 11.3. The highest BCUT2D eigenvalue weighted by Crippen LogP contribution is 2.12. The second-order valence-electron chi connectivity index (χ2n) is 4.93. The summed E-state index contributed by atoms with van der Waals surface area (Å²) < 4.78 is 1.92. The maximum Gasteiger partial charge on any atom is 0.165 e. The van der Waals surface area contributed by atoms with Gasteiger partial charge in [-0.05, 0) is 6.42 Å². The quantitative estimate of drug-likeness (QED) is 0.541. The lowest BCUT2D eigenvalue weighted by molar-refractivity contribution is 0.583. The zero-order valence-corrected chi connectivity index (χ0v) is 12.2. The van der Waals surface area contributed by atoms with E-state index in [1.807, 2.05) is 4.40 Å². The van der Waals surface area contributed by atoms with Crippen molar-refractivity contribution in [1.82, 2.24) is 19.6 Å². The fourth-order valence-corrected chi connectivity index (χ4v) is 2.37. The van der Waals surface area contributed by atoms with Gasteiger partial charge in [-0.2, -0.15) is 0 Å². The molecule has 0 radical (unpaired) electrons. The van der Waals surface area contributed by atoms with E-state index in [0.29, 0.717) is 5.15 Å². The van der Waals surface area contributed by atoms with Gasteiger partial charge in [-0.15, -0.1) is 10.2 Å². The van der Waals surface area contributed by atoms with E-state index < -0.39 is 0 Å². The summed E-state index contributed by atoms with van der Waals surface area (Å²) in [7, 11) is 0. The van der Waals surface area contributed by atoms with Gasteiger partial charge in [-0.3, -0.25) is 4.40 Å². The van der Waals surface area contributed by atoms with Gasteiger partial charge >= 0.3 is 0 Å². The van der Waals surface area contributed by atoms with Crippen molar-refractivity contribution in [2.75, 3.05) is 0 Å². The summed E-state index contributed by atoms with van der Waals surface area (Å²) in [5.74, 6) is 0.979. The number of fused-ring (bicyclic) bond motifs is 1. The highest BCUT2D eigenvalue weighted by molar-refractivity contribution is 6.29. The van der Waals surface area contributed by atoms with Crippen molar-refractivity contribution in [1.29, 1.82) is 0 Å². The van der Waals surface area contributed by atoms with Crippen molar-refractivity contribution in [3.8, 4) is 0 Å². The van der Waals surface area contributed by atoms with Crippen LogP contribution in [0.5, 0.6) is 0 Å². The van der Waals surface area contributed by atoms with Gasteiger partial charge in [0.1, 0.15) is 17.3 Å². The van der Waals surface area contributed by atoms with Crippen LogP contribution in [-0.2, 0) is 6.42 Å². The van der Waals surface area contributed by atoms with Crippen LogP contribution in [-0.4, -0.2) is 19.6 Å². The fraction of sp³-hybridized carbons (Fsp3) is 0.643. The van der Waals surface area contributed by atoms with E-state index in [-0.39, 0.29) is 0 Å². The highest BCUT2D eigenvalue weighted by atomic mass is 35.5. The SMILES string of the molecule is CCCCCCCCCc1nnc2cc(Cl)ncn12. The van der Waals surface area contributed by atoms with Crippen molar-refractivity contribution in [3.63, 3.8) is 0 Å². The minimum atomic E-state index is 0.461. The molecule has 0 saturated carbocycles. The molecule has 0 aromatic carbocycles. The number of nitrogens with zero attached hydrogens (tertiary/aromatic N) is 4. The molecular weight excluding hydrogens is 260 g/mol. The van der Waals surface area contributed by atoms with Gasteiger partial charge in [-0.1, -0.05) is 57.0 Å². The summed E-state index contributed by atoms with van der Waals surface area (Å²) in [6.07, 6.45) is 11.8. The second kappa shape index (κ2) is 7.43. The van der Waals surface area contributed by atoms with Crippen LogP contribution in [0.15, 0.2) is 12.4 Å². The Balaban J connectivity index is 1.76. The summed E-state index contributed by atoms with van der Waals surface area (Å²) in [6.45, 7) is 2.25. The molecular formula is C14H21ClN4. The van der Waals surface area contributed by atoms with Gasteiger partial charge in [0.25, 0.3) is 0 Å². The first-order chi connectivity index (χ1) is 9.31. The van der Waals surface area contributed by atoms with Gasteiger partial charge in [0.15, 0.2) is 5.65 Å². The first-order valence-corrected chi connectivity index (χ1v) is 7.54. The third kappa shape index (κ3) is 4.16. The Bertz CT molecular complexity index is 509. The molecule has 2 heterocycles. The molecule has 0 aliphatic rings. The molecule has 4 nitrogen and oxygen atoms in total. The Kier molecular flexibility index (Phi) is 5.58. The maximum atomic E-state index is 5.82. The average Bonchev–Trinajstić information content (AvgIpc) is 2.80. The minimum Gasteiger partial charge on any atom is -0.269 e. The molecule has 0 aliphatic heterocycles. The molecule has 2 aromatic heterocycles. The maximum absolute atomic E-state index is 5.82. The summed E-state index contributed by atoms with van der Waals surface area (Å²) in [6, 6.07) is 1.74. The predicted molar refractivity (Wildman–Crippen MR) is 77.5 cm³/mol. The van der Waals surface area contributed by atoms with Crippen LogP contribution in [0.1, 0.15) is 57.7 Å². The van der Waals surface area contributed by atoms with Crippen molar-refractivity contribution in [2.45, 2.75) is 58.3 Å². The summed E-state index contributed by atoms with van der Waals surface area (Å²) in [5, 5.41) is 8.77. The van der Waals surface area contributed by atoms with E-state index in [9.17, 15) is 0 Å². The van der Waals surface area contributed by atoms with Crippen molar-refractivity contribution < 1.29 is 0 Å². The summed E-state index contributed by atoms with van der Waals surface area (Å²) >= 11 is 5.82. The van der Waals surface area contributed by atoms with Gasteiger partial charge in [0.05, 0.1) is 0 Å². The second-order valence-corrected chi connectivity index (χ2v) is 5.31. The lowest BCUT2D eigenvalue weighted by Gasteiger charge is -2.01. The van der Waals surface area contributed by atoms with E-state index in [1.165, 1.54) is 38.5 Å². The predicted octanol–water partition coefficient (Wildman–Crippen LogP) is 4.07. The van der Waals surface area contributed by atoms with Crippen molar-refractivity contribution in [2.24, 2.45) is 0 Å². The van der Waals surface area contributed by atoms with Crippen LogP contribution in [0.4, 0.5) is 0 Å². The molecule has 0 atom stereocenters. The molecule has 5 heteroatoms. The minimum absolute atomic E-state index is 0.461. The van der Waals surface area contributed by atoms with Crippen LogP contribution >= 0.6 is 11.6 Å². The summed E-state index contributed by atoms with van der Waals surface area (Å²) in [5.41, 5.74) is 0.776. The van der Waals surface area contributed by atoms with E-state index >= 15 is 0 Å². The molecule has 0 spiro atoms. The number of unbranched alkanes of at least 4 members (excludes halogenated alkanes) is 6. The Morgan fingerprint density at radius 3 is 2.58 bits per heavy atom. The fourth-order valence-electron chi connectivity index (χ4n) is 2.23. The summed E-state index contributed by atoms with van der Waals surface area (Å²) in [4.78, 5) is 4.07. The molecule has 19 heavy (non-hydrogen) atoms. The molecule has 0 bridgehead atoms. The first kappa shape index (κ1) is 14.3. The van der Waals surface area contributed by atoms with Crippen LogP contribution in [0.2, 0.25) is 5.15 Å². The van der Waals surface area contributed by atoms with Crippen LogP contribution in [0.25, 0.3) is 5.65 Å². The Hall–Kier alpha value is -1.16. The molecule has 0 aliphatic carbocycles. The van der Waals surface area contributed by atoms with Gasteiger partial charge in [-0.25, -0.2) is 4.98 Å². The van der Waals surface area contributed by atoms with Crippen molar-refractivity contribution in [3.05, 3.63) is 23.4 Å². The first-order valence-electron chi connectivity index (χ1n) is 7.16. The zero-order chi connectivity index (χ0) is 13.5. The number of halogens is 1. The third-order valence-electron chi connectivity index (χ3n) is 3.34. The standard InChI is InChI=1S/C14H21ClN4/c1-2-3-4-5-6-7-8-9-13-17-18-14-10-12(15)16-11-19(13)14/h10-11H,2-9H2,1H3. The molecule has 104 valence electrons. The molecule has 0 N–H and O–H groups in total. The molecule has 2 rings (SSSR count). The lowest BCUT2D eigenvalue weighted by atomic mass is 10.1. The molecule has 0 fully saturated rings. The molecule has 0 saturated heterocycles. The average molecular weight is 281 g/mol. The van der Waals surface area contributed by atoms with Gasteiger partial charge in [0.2, 0.25) is 0 Å². The molecule has 0 amide bonds. The van der Waals surface area contributed by atoms with E-state index in [4.69, 9.17) is 11.6 Å². The smallest absolute Gasteiger partial charge is 0.165 e. The number of hydrogen-bond acceptors (Lipinski definition) is 3. The third-order valence-corrected chi connectivity index (χ3v) is 3.55. The lowest BCUT2D eigenvalue weighted by Crippen LogP contribution is -1.96. The largest absolute Gasteiger partial charge is 0.269 e. The monoisotopic (exact) mass is 280 g/mol. The van der Waals surface area contributed by atoms with Gasteiger partial charge < -0.3 is 0 Å². The van der Waals surface area contributed by atoms with E-state index in [2.05, 4.69) is 22.1 Å². The number of aromatic nitrogens is 4. The highest BCUT2D eigenvalue weighted by Gasteiger charge is 2.05. The van der Waals surface area contributed by atoms with E-state index in [0.717, 1.165) is 24.3 Å². The Morgan fingerprint density at radius 1 is 1.05 bits per heavy atom. The zero-order valence-electron chi connectivity index (χ0n) is 11.5. The number of rotatable bonds is 8. The van der Waals surface area contributed by atoms with Crippen molar-refractivity contribution >= 4 is 17.2 Å². The topological polar surface area (TPSA) is 43.1 Å². The molecule has 2 aromatic rings. The van der Waals surface area contributed by atoms with Crippen LogP contribution < -0.4 is 0 Å². The number of aryl methyl sites for hydroxylation is 1. The van der Waals surface area contributed by atoms with Gasteiger partial charge in [0, 0.05) is 12.5 Å². The Morgan fingerprint density at radius 2 is 1.79 bits per heavy atom. The Labute approximate surface area is 119 Å². The van der Waals surface area contributed by atoms with Crippen LogP contribution in [0.3, 0.4) is 0 Å². The number of hydrogen-bond donors (Lipinski definition) is 0. The van der Waals surface area contributed by atoms with E-state index in [1.54, 1.807) is 12.4 Å².